The molecule has 106 valence electrons. The van der Waals surface area contributed by atoms with Crippen LogP contribution >= 0.6 is 15.9 Å². The Morgan fingerprint density at radius 3 is 3.05 bits per heavy atom. The fraction of sp³-hybridized carbons (Fsp3) is 0.533. The summed E-state index contributed by atoms with van der Waals surface area (Å²) in [5, 5.41) is 9.18. The lowest BCUT2D eigenvalue weighted by molar-refractivity contribution is -0.112. The van der Waals surface area contributed by atoms with Crippen molar-refractivity contribution in [3.63, 3.8) is 0 Å². The smallest absolute Gasteiger partial charge is 0.137 e. The van der Waals surface area contributed by atoms with Gasteiger partial charge in [0.25, 0.3) is 0 Å². The number of ether oxygens (including phenoxy) is 3. The highest BCUT2D eigenvalue weighted by atomic mass is 79.9. The molecule has 2 aliphatic rings. The molecule has 0 N–H and O–H groups in total. The molecule has 0 bridgehead atoms. The second-order valence-electron chi connectivity index (χ2n) is 5.32. The minimum Gasteiger partial charge on any atom is -0.489 e. The Kier molecular flexibility index (Phi) is 3.97. The molecule has 20 heavy (non-hydrogen) atoms. The van der Waals surface area contributed by atoms with E-state index in [0.717, 1.165) is 30.3 Å². The standard InChI is InChI=1S/C15H16BrNO3/c16-12-1-2-14(11(7-12)9-17)20-13-3-5-19-15(8-13)4-6-18-10-15/h1-2,7,13H,3-6,8,10H2. The maximum Gasteiger partial charge on any atom is 0.137 e. The van der Waals surface area contributed by atoms with Crippen LogP contribution in [0.5, 0.6) is 5.75 Å². The lowest BCUT2D eigenvalue weighted by Crippen LogP contribution is -2.44. The first-order chi connectivity index (χ1) is 9.71. The maximum absolute atomic E-state index is 9.18. The molecule has 0 radical (unpaired) electrons. The van der Waals surface area contributed by atoms with Crippen molar-refractivity contribution >= 4 is 15.9 Å². The van der Waals surface area contributed by atoms with Crippen molar-refractivity contribution in [3.05, 3.63) is 28.2 Å². The zero-order valence-corrected chi connectivity index (χ0v) is 12.7. The molecule has 4 nitrogen and oxygen atoms in total. The molecular formula is C15H16BrNO3. The third-order valence-electron chi connectivity index (χ3n) is 3.87. The van der Waals surface area contributed by atoms with Crippen molar-refractivity contribution in [2.45, 2.75) is 31.0 Å². The molecule has 3 rings (SSSR count). The fourth-order valence-corrected chi connectivity index (χ4v) is 3.18. The number of halogens is 1. The van der Waals surface area contributed by atoms with Crippen LogP contribution in [0.25, 0.3) is 0 Å². The highest BCUT2D eigenvalue weighted by Crippen LogP contribution is 2.35. The molecule has 0 aliphatic carbocycles. The third-order valence-corrected chi connectivity index (χ3v) is 4.36. The van der Waals surface area contributed by atoms with Crippen molar-refractivity contribution in [2.24, 2.45) is 0 Å². The summed E-state index contributed by atoms with van der Waals surface area (Å²) < 4.78 is 18.3. The normalized spacial score (nSPS) is 29.3. The Morgan fingerprint density at radius 2 is 2.30 bits per heavy atom. The number of hydrogen-bond acceptors (Lipinski definition) is 4. The van der Waals surface area contributed by atoms with Crippen LogP contribution in [0, 0.1) is 11.3 Å². The lowest BCUT2D eigenvalue weighted by atomic mass is 9.91. The molecule has 5 heteroatoms. The number of rotatable bonds is 2. The summed E-state index contributed by atoms with van der Waals surface area (Å²) in [5.74, 6) is 0.650. The predicted molar refractivity (Wildman–Crippen MR) is 76.6 cm³/mol. The molecule has 0 amide bonds. The second-order valence-corrected chi connectivity index (χ2v) is 6.23. The summed E-state index contributed by atoms with van der Waals surface area (Å²) in [5.41, 5.74) is 0.382. The van der Waals surface area contributed by atoms with Gasteiger partial charge >= 0.3 is 0 Å². The van der Waals surface area contributed by atoms with Gasteiger partial charge in [-0.05, 0) is 18.2 Å². The Balaban J connectivity index is 1.73. The first-order valence-corrected chi connectivity index (χ1v) is 7.58. The fourth-order valence-electron chi connectivity index (χ4n) is 2.82. The largest absolute Gasteiger partial charge is 0.489 e. The first kappa shape index (κ1) is 13.9. The zero-order chi connectivity index (χ0) is 14.0. The van der Waals surface area contributed by atoms with E-state index in [1.54, 1.807) is 6.07 Å². The van der Waals surface area contributed by atoms with Crippen molar-refractivity contribution < 1.29 is 14.2 Å². The predicted octanol–water partition coefficient (Wildman–Crippen LogP) is 3.04. The van der Waals surface area contributed by atoms with Crippen LogP contribution in [-0.2, 0) is 9.47 Å². The van der Waals surface area contributed by atoms with E-state index in [9.17, 15) is 5.26 Å². The van der Waals surface area contributed by atoms with Gasteiger partial charge in [0, 0.05) is 30.3 Å². The minimum atomic E-state index is -0.176. The van der Waals surface area contributed by atoms with Crippen LogP contribution in [0.1, 0.15) is 24.8 Å². The Bertz CT molecular complexity index is 534. The zero-order valence-electron chi connectivity index (χ0n) is 11.1. The quantitative estimate of drug-likeness (QED) is 0.832. The number of hydrogen-bond donors (Lipinski definition) is 0. The van der Waals surface area contributed by atoms with Crippen molar-refractivity contribution in [1.29, 1.82) is 5.26 Å². The molecule has 0 saturated carbocycles. The molecule has 2 heterocycles. The van der Waals surface area contributed by atoms with Gasteiger partial charge in [0.05, 0.1) is 24.4 Å². The van der Waals surface area contributed by atoms with E-state index in [2.05, 4.69) is 22.0 Å². The van der Waals surface area contributed by atoms with Crippen LogP contribution in [0.4, 0.5) is 0 Å². The topological polar surface area (TPSA) is 51.5 Å². The van der Waals surface area contributed by atoms with Gasteiger partial charge in [-0.25, -0.2) is 0 Å². The molecule has 2 unspecified atom stereocenters. The first-order valence-electron chi connectivity index (χ1n) is 6.79. The van der Waals surface area contributed by atoms with Gasteiger partial charge in [-0.1, -0.05) is 15.9 Å². The summed E-state index contributed by atoms with van der Waals surface area (Å²) in [7, 11) is 0. The Labute approximate surface area is 126 Å². The number of nitrogens with zero attached hydrogens (tertiary/aromatic N) is 1. The van der Waals surface area contributed by atoms with E-state index in [1.165, 1.54) is 0 Å². The number of nitriles is 1. The highest BCUT2D eigenvalue weighted by Gasteiger charge is 2.41. The molecule has 2 saturated heterocycles. The van der Waals surface area contributed by atoms with Gasteiger partial charge in [-0.3, -0.25) is 0 Å². The SMILES string of the molecule is N#Cc1cc(Br)ccc1OC1CCOC2(CCOC2)C1. The van der Waals surface area contributed by atoms with Crippen LogP contribution in [-0.4, -0.2) is 31.5 Å². The molecule has 2 atom stereocenters. The van der Waals surface area contributed by atoms with Crippen LogP contribution in [0.2, 0.25) is 0 Å². The molecule has 1 aromatic carbocycles. The maximum atomic E-state index is 9.18. The highest BCUT2D eigenvalue weighted by molar-refractivity contribution is 9.10. The number of benzene rings is 1. The van der Waals surface area contributed by atoms with Crippen LogP contribution < -0.4 is 4.74 Å². The molecule has 0 aromatic heterocycles. The van der Waals surface area contributed by atoms with Gasteiger partial charge in [0.2, 0.25) is 0 Å². The summed E-state index contributed by atoms with van der Waals surface area (Å²) in [6, 6.07) is 7.69. The van der Waals surface area contributed by atoms with E-state index in [4.69, 9.17) is 14.2 Å². The van der Waals surface area contributed by atoms with Crippen molar-refractivity contribution in [2.75, 3.05) is 19.8 Å². The summed E-state index contributed by atoms with van der Waals surface area (Å²) in [6.45, 7) is 2.10. The van der Waals surface area contributed by atoms with Crippen molar-refractivity contribution in [3.8, 4) is 11.8 Å². The van der Waals surface area contributed by atoms with E-state index in [-0.39, 0.29) is 11.7 Å². The average molecular weight is 338 g/mol. The van der Waals surface area contributed by atoms with Crippen LogP contribution in [0.3, 0.4) is 0 Å². The van der Waals surface area contributed by atoms with Gasteiger partial charge in [0.1, 0.15) is 17.9 Å². The van der Waals surface area contributed by atoms with Crippen molar-refractivity contribution in [1.82, 2.24) is 0 Å². The molecule has 2 aliphatic heterocycles. The molecule has 1 spiro atoms. The van der Waals surface area contributed by atoms with Gasteiger partial charge < -0.3 is 14.2 Å². The lowest BCUT2D eigenvalue weighted by Gasteiger charge is -2.37. The van der Waals surface area contributed by atoms with E-state index < -0.39 is 0 Å². The van der Waals surface area contributed by atoms with Gasteiger partial charge in [-0.15, -0.1) is 0 Å². The van der Waals surface area contributed by atoms with Crippen LogP contribution in [0.15, 0.2) is 22.7 Å². The van der Waals surface area contributed by atoms with Gasteiger partial charge in [0.15, 0.2) is 0 Å². The summed E-state index contributed by atoms with van der Waals surface area (Å²) in [6.07, 6.45) is 2.69. The molecular weight excluding hydrogens is 322 g/mol. The Hall–Kier alpha value is -1.09. The molecule has 2 fully saturated rings. The monoisotopic (exact) mass is 337 g/mol. The summed E-state index contributed by atoms with van der Waals surface area (Å²) in [4.78, 5) is 0. The summed E-state index contributed by atoms with van der Waals surface area (Å²) >= 11 is 3.37. The van der Waals surface area contributed by atoms with Gasteiger partial charge in [-0.2, -0.15) is 5.26 Å². The van der Waals surface area contributed by atoms with E-state index in [0.29, 0.717) is 24.5 Å². The third kappa shape index (κ3) is 2.83. The molecule has 1 aromatic rings. The van der Waals surface area contributed by atoms with E-state index in [1.807, 2.05) is 12.1 Å². The van der Waals surface area contributed by atoms with E-state index >= 15 is 0 Å². The Morgan fingerprint density at radius 1 is 1.40 bits per heavy atom. The average Bonchev–Trinajstić information content (AvgIpc) is 2.89. The minimum absolute atomic E-state index is 0.0822. The second kappa shape index (κ2) is 5.72.